The first kappa shape index (κ1) is 15.0. The van der Waals surface area contributed by atoms with Gasteiger partial charge in [-0.05, 0) is 24.3 Å². The molecular weight excluding hydrogens is 220 g/mol. The number of ether oxygens (including phenoxy) is 1. The Morgan fingerprint density at radius 3 is 2.25 bits per heavy atom. The molecule has 1 aromatic carbocycles. The summed E-state index contributed by atoms with van der Waals surface area (Å²) in [7, 11) is 1.65. The van der Waals surface area contributed by atoms with Crippen LogP contribution in [0.15, 0.2) is 29.2 Å². The maximum atomic E-state index is 10.1. The van der Waals surface area contributed by atoms with Gasteiger partial charge in [0.2, 0.25) is 0 Å². The fourth-order valence-electron chi connectivity index (χ4n) is 0.897. The SMILES string of the molecule is CCC.COc1ccc(SCCC=O)cc1. The Morgan fingerprint density at radius 2 is 1.81 bits per heavy atom. The van der Waals surface area contributed by atoms with Crippen LogP contribution in [0.2, 0.25) is 0 Å². The summed E-state index contributed by atoms with van der Waals surface area (Å²) in [6.45, 7) is 4.25. The Balaban J connectivity index is 0.000000673. The van der Waals surface area contributed by atoms with E-state index in [1.807, 2.05) is 24.3 Å². The average Bonchev–Trinajstić information content (AvgIpc) is 2.31. The highest BCUT2D eigenvalue weighted by atomic mass is 32.2. The number of thioether (sulfide) groups is 1. The minimum Gasteiger partial charge on any atom is -0.497 e. The van der Waals surface area contributed by atoms with Crippen molar-refractivity contribution in [1.29, 1.82) is 0 Å². The molecule has 0 aliphatic heterocycles. The molecule has 0 aliphatic carbocycles. The third-order valence-corrected chi connectivity index (χ3v) is 2.61. The van der Waals surface area contributed by atoms with Gasteiger partial charge in [0.25, 0.3) is 0 Å². The molecule has 3 heteroatoms. The molecular formula is C13H20O2S. The Morgan fingerprint density at radius 1 is 1.25 bits per heavy atom. The molecule has 0 saturated carbocycles. The largest absolute Gasteiger partial charge is 0.497 e. The highest BCUT2D eigenvalue weighted by Gasteiger charge is 1.94. The Labute approximate surface area is 102 Å². The molecule has 0 N–H and O–H groups in total. The van der Waals surface area contributed by atoms with Crippen molar-refractivity contribution in [1.82, 2.24) is 0 Å². The van der Waals surface area contributed by atoms with E-state index in [0.29, 0.717) is 6.42 Å². The normalized spacial score (nSPS) is 8.94. The van der Waals surface area contributed by atoms with E-state index in [9.17, 15) is 4.79 Å². The smallest absolute Gasteiger partial charge is 0.120 e. The summed E-state index contributed by atoms with van der Waals surface area (Å²) in [6.07, 6.45) is 2.80. The molecule has 0 unspecified atom stereocenters. The van der Waals surface area contributed by atoms with Crippen molar-refractivity contribution in [3.8, 4) is 5.75 Å². The number of carbonyl (C=O) groups is 1. The second kappa shape index (κ2) is 10.6. The van der Waals surface area contributed by atoms with Crippen LogP contribution in [0.4, 0.5) is 0 Å². The van der Waals surface area contributed by atoms with Gasteiger partial charge in [0.05, 0.1) is 7.11 Å². The van der Waals surface area contributed by atoms with E-state index in [0.717, 1.165) is 17.8 Å². The van der Waals surface area contributed by atoms with Gasteiger partial charge >= 0.3 is 0 Å². The van der Waals surface area contributed by atoms with Gasteiger partial charge < -0.3 is 9.53 Å². The maximum absolute atomic E-state index is 10.1. The molecule has 1 rings (SSSR count). The molecule has 0 aliphatic rings. The molecule has 1 aromatic rings. The van der Waals surface area contributed by atoms with Crippen LogP contribution in [0.25, 0.3) is 0 Å². The minimum atomic E-state index is 0.608. The Kier molecular flexibility index (Phi) is 9.92. The molecule has 0 fully saturated rings. The number of aldehydes is 1. The second-order valence-electron chi connectivity index (χ2n) is 3.19. The molecule has 2 nitrogen and oxygen atoms in total. The molecule has 16 heavy (non-hydrogen) atoms. The van der Waals surface area contributed by atoms with Crippen molar-refractivity contribution in [2.24, 2.45) is 0 Å². The van der Waals surface area contributed by atoms with Gasteiger partial charge in [-0.2, -0.15) is 0 Å². The first-order valence-corrected chi connectivity index (χ1v) is 6.47. The zero-order chi connectivity index (χ0) is 12.2. The number of hydrogen-bond donors (Lipinski definition) is 0. The summed E-state index contributed by atoms with van der Waals surface area (Å²) in [6, 6.07) is 7.83. The lowest BCUT2D eigenvalue weighted by Gasteiger charge is -2.01. The van der Waals surface area contributed by atoms with Crippen LogP contribution in [-0.2, 0) is 4.79 Å². The van der Waals surface area contributed by atoms with Crippen LogP contribution < -0.4 is 4.74 Å². The number of benzene rings is 1. The molecule has 0 aromatic heterocycles. The van der Waals surface area contributed by atoms with E-state index in [1.54, 1.807) is 18.9 Å². The highest BCUT2D eigenvalue weighted by Crippen LogP contribution is 2.21. The predicted molar refractivity (Wildman–Crippen MR) is 70.4 cm³/mol. The Hall–Kier alpha value is -0.960. The maximum Gasteiger partial charge on any atom is 0.120 e. The van der Waals surface area contributed by atoms with Crippen molar-refractivity contribution >= 4 is 18.0 Å². The third-order valence-electron chi connectivity index (χ3n) is 1.56. The van der Waals surface area contributed by atoms with Gasteiger partial charge in [0.15, 0.2) is 0 Å². The van der Waals surface area contributed by atoms with E-state index in [-0.39, 0.29) is 0 Å². The van der Waals surface area contributed by atoms with E-state index in [1.165, 1.54) is 11.3 Å². The minimum absolute atomic E-state index is 0.608. The quantitative estimate of drug-likeness (QED) is 0.445. The summed E-state index contributed by atoms with van der Waals surface area (Å²) in [5.74, 6) is 1.70. The van der Waals surface area contributed by atoms with Crippen LogP contribution in [0.3, 0.4) is 0 Å². The summed E-state index contributed by atoms with van der Waals surface area (Å²) >= 11 is 1.68. The highest BCUT2D eigenvalue weighted by molar-refractivity contribution is 7.99. The number of methoxy groups -OCH3 is 1. The number of carbonyl (C=O) groups excluding carboxylic acids is 1. The monoisotopic (exact) mass is 240 g/mol. The van der Waals surface area contributed by atoms with Gasteiger partial charge in [-0.25, -0.2) is 0 Å². The van der Waals surface area contributed by atoms with E-state index < -0.39 is 0 Å². The summed E-state index contributed by atoms with van der Waals surface area (Å²) in [5, 5.41) is 0. The van der Waals surface area contributed by atoms with Crippen molar-refractivity contribution in [2.75, 3.05) is 12.9 Å². The van der Waals surface area contributed by atoms with Crippen molar-refractivity contribution in [2.45, 2.75) is 31.6 Å². The van der Waals surface area contributed by atoms with Crippen LogP contribution in [0.5, 0.6) is 5.75 Å². The molecule has 90 valence electrons. The average molecular weight is 240 g/mol. The van der Waals surface area contributed by atoms with Crippen LogP contribution in [-0.4, -0.2) is 19.1 Å². The summed E-state index contributed by atoms with van der Waals surface area (Å²) in [5.41, 5.74) is 0. The topological polar surface area (TPSA) is 26.3 Å². The fraction of sp³-hybridized carbons (Fsp3) is 0.462. The second-order valence-corrected chi connectivity index (χ2v) is 4.35. The lowest BCUT2D eigenvalue weighted by atomic mass is 10.3. The van der Waals surface area contributed by atoms with Crippen molar-refractivity contribution < 1.29 is 9.53 Å². The Bertz CT molecular complexity index is 270. The first-order chi connectivity index (χ1) is 7.78. The summed E-state index contributed by atoms with van der Waals surface area (Å²) < 4.78 is 5.03. The summed E-state index contributed by atoms with van der Waals surface area (Å²) in [4.78, 5) is 11.2. The van der Waals surface area contributed by atoms with Crippen LogP contribution >= 0.6 is 11.8 Å². The third kappa shape index (κ3) is 7.35. The lowest BCUT2D eigenvalue weighted by Crippen LogP contribution is -1.83. The molecule has 0 bridgehead atoms. The van der Waals surface area contributed by atoms with E-state index in [2.05, 4.69) is 13.8 Å². The standard InChI is InChI=1S/C10H12O2S.C3H8/c1-12-9-3-5-10(6-4-9)13-8-2-7-11;1-3-2/h3-7H,2,8H2,1H3;3H2,1-2H3. The zero-order valence-electron chi connectivity index (χ0n) is 10.2. The molecule has 0 radical (unpaired) electrons. The van der Waals surface area contributed by atoms with Gasteiger partial charge in [-0.3, -0.25) is 0 Å². The molecule has 0 saturated heterocycles. The van der Waals surface area contributed by atoms with Gasteiger partial charge in [-0.1, -0.05) is 20.3 Å². The van der Waals surface area contributed by atoms with Gasteiger partial charge in [0.1, 0.15) is 12.0 Å². The van der Waals surface area contributed by atoms with Crippen molar-refractivity contribution in [3.05, 3.63) is 24.3 Å². The van der Waals surface area contributed by atoms with Crippen molar-refractivity contribution in [3.63, 3.8) is 0 Å². The van der Waals surface area contributed by atoms with Gasteiger partial charge in [0, 0.05) is 17.1 Å². The molecule has 0 heterocycles. The van der Waals surface area contributed by atoms with Crippen LogP contribution in [0.1, 0.15) is 26.7 Å². The molecule has 0 amide bonds. The number of rotatable bonds is 5. The fourth-order valence-corrected chi connectivity index (χ4v) is 1.68. The molecule has 0 spiro atoms. The molecule has 0 atom stereocenters. The van der Waals surface area contributed by atoms with E-state index >= 15 is 0 Å². The van der Waals surface area contributed by atoms with Gasteiger partial charge in [-0.15, -0.1) is 11.8 Å². The first-order valence-electron chi connectivity index (χ1n) is 5.48. The number of hydrogen-bond acceptors (Lipinski definition) is 3. The lowest BCUT2D eigenvalue weighted by molar-refractivity contribution is -0.107. The zero-order valence-corrected chi connectivity index (χ0v) is 11.0. The van der Waals surface area contributed by atoms with Crippen LogP contribution in [0, 0.1) is 0 Å². The van der Waals surface area contributed by atoms with E-state index in [4.69, 9.17) is 4.74 Å². The predicted octanol–water partition coefficient (Wildman–Crippen LogP) is 3.79.